The first kappa shape index (κ1) is 17.7. The zero-order chi connectivity index (χ0) is 15.7. The Morgan fingerprint density at radius 1 is 0.952 bits per heavy atom. The summed E-state index contributed by atoms with van der Waals surface area (Å²) in [5, 5.41) is 0. The summed E-state index contributed by atoms with van der Waals surface area (Å²) in [6.07, 6.45) is 7.22. The number of hydrogen-bond acceptors (Lipinski definition) is 2. The minimum Gasteiger partial charge on any atom is -0.462 e. The van der Waals surface area contributed by atoms with Crippen LogP contribution < -0.4 is 0 Å². The summed E-state index contributed by atoms with van der Waals surface area (Å²) in [6, 6.07) is 7.76. The monoisotopic (exact) mass is 290 g/mol. The molecule has 0 aliphatic heterocycles. The zero-order valence-electron chi connectivity index (χ0n) is 14.1. The summed E-state index contributed by atoms with van der Waals surface area (Å²) >= 11 is 0. The van der Waals surface area contributed by atoms with Gasteiger partial charge in [-0.05, 0) is 29.5 Å². The first-order chi connectivity index (χ1) is 9.95. The molecule has 2 heteroatoms. The lowest BCUT2D eigenvalue weighted by Crippen LogP contribution is -2.12. The fraction of sp³-hybridized carbons (Fsp3) is 0.632. The number of esters is 1. The summed E-state index contributed by atoms with van der Waals surface area (Å²) in [7, 11) is 0. The van der Waals surface area contributed by atoms with Crippen molar-refractivity contribution in [2.45, 2.75) is 71.6 Å². The highest BCUT2D eigenvalue weighted by Crippen LogP contribution is 2.22. The van der Waals surface area contributed by atoms with Gasteiger partial charge in [0.25, 0.3) is 0 Å². The number of carbonyl (C=O) groups is 1. The normalized spacial score (nSPS) is 11.4. The van der Waals surface area contributed by atoms with E-state index in [-0.39, 0.29) is 11.4 Å². The Labute approximate surface area is 129 Å². The number of unbranched alkanes of at least 4 members (excludes halogenated alkanes) is 5. The van der Waals surface area contributed by atoms with Crippen LogP contribution in [0.1, 0.15) is 82.1 Å². The molecule has 0 spiro atoms. The Balaban J connectivity index is 2.29. The van der Waals surface area contributed by atoms with E-state index in [1.165, 1.54) is 31.2 Å². The summed E-state index contributed by atoms with van der Waals surface area (Å²) in [5.41, 5.74) is 1.99. The Hall–Kier alpha value is -1.31. The van der Waals surface area contributed by atoms with Crippen LogP contribution in [0.2, 0.25) is 0 Å². The van der Waals surface area contributed by atoms with Gasteiger partial charge in [-0.1, -0.05) is 71.9 Å². The molecule has 0 N–H and O–H groups in total. The summed E-state index contributed by atoms with van der Waals surface area (Å²) in [4.78, 5) is 11.9. The SMILES string of the molecule is CCCCCCCCOC(=O)c1ccc(C(C)(C)C)cc1. The van der Waals surface area contributed by atoms with Crippen LogP contribution in [0.25, 0.3) is 0 Å². The van der Waals surface area contributed by atoms with Gasteiger partial charge in [-0.2, -0.15) is 0 Å². The fourth-order valence-corrected chi connectivity index (χ4v) is 2.24. The van der Waals surface area contributed by atoms with E-state index < -0.39 is 0 Å². The topological polar surface area (TPSA) is 26.3 Å². The summed E-state index contributed by atoms with van der Waals surface area (Å²) < 4.78 is 5.32. The average Bonchev–Trinajstić information content (AvgIpc) is 2.45. The maximum atomic E-state index is 11.9. The molecule has 0 aliphatic carbocycles. The van der Waals surface area contributed by atoms with E-state index in [0.717, 1.165) is 12.8 Å². The highest BCUT2D eigenvalue weighted by Gasteiger charge is 2.14. The minimum atomic E-state index is -0.205. The van der Waals surface area contributed by atoms with Crippen LogP contribution >= 0.6 is 0 Å². The van der Waals surface area contributed by atoms with Gasteiger partial charge in [0.05, 0.1) is 12.2 Å². The molecule has 0 amide bonds. The molecule has 0 radical (unpaired) electrons. The molecule has 0 unspecified atom stereocenters. The lowest BCUT2D eigenvalue weighted by atomic mass is 9.87. The number of rotatable bonds is 8. The van der Waals surface area contributed by atoms with E-state index in [4.69, 9.17) is 4.74 Å². The second kappa shape index (κ2) is 8.86. The van der Waals surface area contributed by atoms with Gasteiger partial charge in [0.15, 0.2) is 0 Å². The molecule has 0 bridgehead atoms. The van der Waals surface area contributed by atoms with Crippen LogP contribution in [0.5, 0.6) is 0 Å². The predicted molar refractivity (Wildman–Crippen MR) is 88.8 cm³/mol. The molecular weight excluding hydrogens is 260 g/mol. The Kier molecular flexibility index (Phi) is 7.49. The van der Waals surface area contributed by atoms with Crippen LogP contribution in [-0.2, 0) is 10.2 Å². The zero-order valence-corrected chi connectivity index (χ0v) is 14.1. The molecule has 0 aromatic heterocycles. The molecule has 0 saturated heterocycles. The van der Waals surface area contributed by atoms with Crippen molar-refractivity contribution in [1.82, 2.24) is 0 Å². The highest BCUT2D eigenvalue weighted by molar-refractivity contribution is 5.89. The molecular formula is C19H30O2. The number of ether oxygens (including phenoxy) is 1. The van der Waals surface area contributed by atoms with Crippen molar-refractivity contribution in [2.75, 3.05) is 6.61 Å². The van der Waals surface area contributed by atoms with Crippen LogP contribution in [0.15, 0.2) is 24.3 Å². The van der Waals surface area contributed by atoms with Crippen LogP contribution in [0.4, 0.5) is 0 Å². The van der Waals surface area contributed by atoms with E-state index in [1.807, 2.05) is 24.3 Å². The van der Waals surface area contributed by atoms with Gasteiger partial charge < -0.3 is 4.74 Å². The molecule has 0 atom stereocenters. The average molecular weight is 290 g/mol. The van der Waals surface area contributed by atoms with Crippen molar-refractivity contribution >= 4 is 5.97 Å². The fourth-order valence-electron chi connectivity index (χ4n) is 2.24. The van der Waals surface area contributed by atoms with E-state index >= 15 is 0 Å². The van der Waals surface area contributed by atoms with Gasteiger partial charge in [0, 0.05) is 0 Å². The second-order valence-electron chi connectivity index (χ2n) is 6.73. The number of benzene rings is 1. The molecule has 1 aromatic rings. The first-order valence-corrected chi connectivity index (χ1v) is 8.23. The molecule has 0 saturated carbocycles. The maximum absolute atomic E-state index is 11.9. The van der Waals surface area contributed by atoms with E-state index in [9.17, 15) is 4.79 Å². The Morgan fingerprint density at radius 2 is 1.52 bits per heavy atom. The quantitative estimate of drug-likeness (QED) is 0.466. The lowest BCUT2D eigenvalue weighted by molar-refractivity contribution is 0.0497. The predicted octanol–water partition coefficient (Wildman–Crippen LogP) is 5.50. The minimum absolute atomic E-state index is 0.112. The maximum Gasteiger partial charge on any atom is 0.338 e. The summed E-state index contributed by atoms with van der Waals surface area (Å²) in [6.45, 7) is 9.25. The third kappa shape index (κ3) is 6.79. The Bertz CT molecular complexity index is 412. The van der Waals surface area contributed by atoms with Crippen molar-refractivity contribution in [2.24, 2.45) is 0 Å². The van der Waals surface area contributed by atoms with Gasteiger partial charge in [-0.25, -0.2) is 4.79 Å². The van der Waals surface area contributed by atoms with Gasteiger partial charge >= 0.3 is 5.97 Å². The van der Waals surface area contributed by atoms with Gasteiger partial charge in [-0.15, -0.1) is 0 Å². The van der Waals surface area contributed by atoms with Gasteiger partial charge in [0.2, 0.25) is 0 Å². The van der Waals surface area contributed by atoms with E-state index in [0.29, 0.717) is 12.2 Å². The molecule has 0 aliphatic rings. The largest absolute Gasteiger partial charge is 0.462 e. The van der Waals surface area contributed by atoms with E-state index in [1.54, 1.807) is 0 Å². The standard InChI is InChI=1S/C19H30O2/c1-5-6-7-8-9-10-15-21-18(20)16-11-13-17(14-12-16)19(2,3)4/h11-14H,5-10,15H2,1-4H3. The number of carbonyl (C=O) groups excluding carboxylic acids is 1. The van der Waals surface area contributed by atoms with Crippen LogP contribution in [-0.4, -0.2) is 12.6 Å². The molecule has 2 nitrogen and oxygen atoms in total. The van der Waals surface area contributed by atoms with Crippen molar-refractivity contribution in [3.63, 3.8) is 0 Å². The first-order valence-electron chi connectivity index (χ1n) is 8.23. The van der Waals surface area contributed by atoms with E-state index in [2.05, 4.69) is 27.7 Å². The smallest absolute Gasteiger partial charge is 0.338 e. The van der Waals surface area contributed by atoms with Crippen LogP contribution in [0.3, 0.4) is 0 Å². The second-order valence-corrected chi connectivity index (χ2v) is 6.73. The molecule has 0 fully saturated rings. The highest BCUT2D eigenvalue weighted by atomic mass is 16.5. The van der Waals surface area contributed by atoms with Gasteiger partial charge in [-0.3, -0.25) is 0 Å². The Morgan fingerprint density at radius 3 is 2.10 bits per heavy atom. The third-order valence-corrected chi connectivity index (χ3v) is 3.72. The molecule has 118 valence electrons. The van der Waals surface area contributed by atoms with Crippen molar-refractivity contribution in [1.29, 1.82) is 0 Å². The van der Waals surface area contributed by atoms with Gasteiger partial charge in [0.1, 0.15) is 0 Å². The van der Waals surface area contributed by atoms with Crippen molar-refractivity contribution in [3.8, 4) is 0 Å². The molecule has 0 heterocycles. The molecule has 1 aromatic carbocycles. The summed E-state index contributed by atoms with van der Waals surface area (Å²) in [5.74, 6) is -0.205. The van der Waals surface area contributed by atoms with Crippen LogP contribution in [0, 0.1) is 0 Å². The van der Waals surface area contributed by atoms with Crippen molar-refractivity contribution < 1.29 is 9.53 Å². The number of hydrogen-bond donors (Lipinski definition) is 0. The third-order valence-electron chi connectivity index (χ3n) is 3.72. The van der Waals surface area contributed by atoms with Crippen molar-refractivity contribution in [3.05, 3.63) is 35.4 Å². The molecule has 21 heavy (non-hydrogen) atoms. The lowest BCUT2D eigenvalue weighted by Gasteiger charge is -2.18. The molecule has 1 rings (SSSR count).